The predicted molar refractivity (Wildman–Crippen MR) is 92.7 cm³/mol. The van der Waals surface area contributed by atoms with Crippen LogP contribution in [0.3, 0.4) is 0 Å². The molecule has 0 atom stereocenters. The number of furan rings is 1. The lowest BCUT2D eigenvalue weighted by atomic mass is 10.2. The van der Waals surface area contributed by atoms with Gasteiger partial charge in [0.25, 0.3) is 5.91 Å². The Morgan fingerprint density at radius 1 is 1.38 bits per heavy atom. The molecule has 0 aliphatic rings. The first-order valence-electron chi connectivity index (χ1n) is 8.02. The van der Waals surface area contributed by atoms with Crippen LogP contribution < -0.4 is 10.1 Å². The molecule has 0 radical (unpaired) electrons. The molecule has 6 heteroatoms. The molecule has 1 amide bonds. The number of nitrogens with one attached hydrogen (secondary N) is 1. The van der Waals surface area contributed by atoms with Gasteiger partial charge in [0.05, 0.1) is 12.3 Å². The van der Waals surface area contributed by atoms with Gasteiger partial charge in [-0.15, -0.1) is 0 Å². The monoisotopic (exact) mass is 327 g/mol. The highest BCUT2D eigenvalue weighted by Gasteiger charge is 2.18. The van der Waals surface area contributed by atoms with Crippen LogP contribution in [0.1, 0.15) is 43.1 Å². The fourth-order valence-corrected chi connectivity index (χ4v) is 2.60. The second-order valence-corrected chi connectivity index (χ2v) is 5.88. The van der Waals surface area contributed by atoms with Crippen LogP contribution in [0.2, 0.25) is 0 Å². The van der Waals surface area contributed by atoms with E-state index in [4.69, 9.17) is 9.15 Å². The lowest BCUT2D eigenvalue weighted by molar-refractivity contribution is 0.0997. The van der Waals surface area contributed by atoms with Crippen molar-refractivity contribution in [2.75, 3.05) is 11.9 Å². The Morgan fingerprint density at radius 2 is 2.17 bits per heavy atom. The highest BCUT2D eigenvalue weighted by molar-refractivity contribution is 6.04. The standard InChI is InChI=1S/C18H21N3O3/c1-5-23-14-8-6-7-13-10-15(24-17(13)14)18(22)19-16-9-12(4)20-21(16)11(2)3/h6-11H,5H2,1-4H3,(H,19,22). The first kappa shape index (κ1) is 16.1. The summed E-state index contributed by atoms with van der Waals surface area (Å²) in [4.78, 5) is 12.6. The first-order valence-corrected chi connectivity index (χ1v) is 8.02. The third-order valence-corrected chi connectivity index (χ3v) is 3.62. The van der Waals surface area contributed by atoms with E-state index in [1.165, 1.54) is 0 Å². The normalized spacial score (nSPS) is 11.2. The number of benzene rings is 1. The summed E-state index contributed by atoms with van der Waals surface area (Å²) in [5.74, 6) is 1.22. The fraction of sp³-hybridized carbons (Fsp3) is 0.333. The zero-order valence-electron chi connectivity index (χ0n) is 14.3. The molecule has 2 aromatic heterocycles. The maximum absolute atomic E-state index is 12.6. The third-order valence-electron chi connectivity index (χ3n) is 3.62. The number of para-hydroxylation sites is 1. The number of aromatic nitrogens is 2. The van der Waals surface area contributed by atoms with Gasteiger partial charge in [-0.1, -0.05) is 12.1 Å². The van der Waals surface area contributed by atoms with E-state index < -0.39 is 0 Å². The lowest BCUT2D eigenvalue weighted by Gasteiger charge is -2.10. The molecule has 0 aliphatic carbocycles. The summed E-state index contributed by atoms with van der Waals surface area (Å²) >= 11 is 0. The van der Waals surface area contributed by atoms with E-state index >= 15 is 0 Å². The van der Waals surface area contributed by atoms with E-state index in [9.17, 15) is 4.79 Å². The van der Waals surface area contributed by atoms with Crippen molar-refractivity contribution >= 4 is 22.7 Å². The van der Waals surface area contributed by atoms with E-state index in [0.29, 0.717) is 23.8 Å². The van der Waals surface area contributed by atoms with Crippen molar-refractivity contribution in [3.8, 4) is 5.75 Å². The highest BCUT2D eigenvalue weighted by Crippen LogP contribution is 2.29. The number of rotatable bonds is 5. The van der Waals surface area contributed by atoms with Gasteiger partial charge in [-0.2, -0.15) is 5.10 Å². The number of hydrogen-bond acceptors (Lipinski definition) is 4. The largest absolute Gasteiger partial charge is 0.490 e. The Hall–Kier alpha value is -2.76. The first-order chi connectivity index (χ1) is 11.5. The molecule has 0 spiro atoms. The molecule has 3 rings (SSSR count). The number of hydrogen-bond donors (Lipinski definition) is 1. The van der Waals surface area contributed by atoms with E-state index in [1.807, 2.05) is 52.0 Å². The SMILES string of the molecule is CCOc1cccc2cc(C(=O)Nc3cc(C)nn3C(C)C)oc12. The van der Waals surface area contributed by atoms with Crippen molar-refractivity contribution in [1.29, 1.82) is 0 Å². The van der Waals surface area contributed by atoms with Gasteiger partial charge in [-0.25, -0.2) is 4.68 Å². The number of amides is 1. The Balaban J connectivity index is 1.91. The van der Waals surface area contributed by atoms with Crippen LogP contribution in [-0.2, 0) is 0 Å². The molecule has 1 aromatic carbocycles. The van der Waals surface area contributed by atoms with Crippen LogP contribution in [0.15, 0.2) is 34.7 Å². The van der Waals surface area contributed by atoms with E-state index in [1.54, 1.807) is 10.7 Å². The summed E-state index contributed by atoms with van der Waals surface area (Å²) in [5, 5.41) is 8.09. The molecule has 0 saturated heterocycles. The van der Waals surface area contributed by atoms with Crippen molar-refractivity contribution in [3.05, 3.63) is 41.8 Å². The van der Waals surface area contributed by atoms with Crippen molar-refractivity contribution in [2.24, 2.45) is 0 Å². The van der Waals surface area contributed by atoms with Crippen molar-refractivity contribution in [1.82, 2.24) is 9.78 Å². The summed E-state index contributed by atoms with van der Waals surface area (Å²) < 4.78 is 13.1. The molecule has 3 aromatic rings. The minimum atomic E-state index is -0.310. The molecule has 0 fully saturated rings. The molecular weight excluding hydrogens is 306 g/mol. The molecule has 2 heterocycles. The molecule has 6 nitrogen and oxygen atoms in total. The molecule has 1 N–H and O–H groups in total. The molecular formula is C18H21N3O3. The molecule has 24 heavy (non-hydrogen) atoms. The van der Waals surface area contributed by atoms with Crippen LogP contribution in [-0.4, -0.2) is 22.3 Å². The minimum absolute atomic E-state index is 0.147. The van der Waals surface area contributed by atoms with Gasteiger partial charge in [0.15, 0.2) is 17.1 Å². The summed E-state index contributed by atoms with van der Waals surface area (Å²) in [7, 11) is 0. The molecule has 0 aliphatic heterocycles. The minimum Gasteiger partial charge on any atom is -0.490 e. The maximum Gasteiger partial charge on any atom is 0.292 e. The molecule has 0 unspecified atom stereocenters. The number of carbonyl (C=O) groups excluding carboxylic acids is 1. The van der Waals surface area contributed by atoms with Gasteiger partial charge in [-0.05, 0) is 39.8 Å². The summed E-state index contributed by atoms with van der Waals surface area (Å²) in [6, 6.07) is 9.30. The summed E-state index contributed by atoms with van der Waals surface area (Å²) in [6.45, 7) is 8.36. The third kappa shape index (κ3) is 2.99. The number of carbonyl (C=O) groups is 1. The lowest BCUT2D eigenvalue weighted by Crippen LogP contribution is -2.16. The Bertz CT molecular complexity index is 877. The summed E-state index contributed by atoms with van der Waals surface area (Å²) in [6.07, 6.45) is 0. The Morgan fingerprint density at radius 3 is 2.88 bits per heavy atom. The van der Waals surface area contributed by atoms with Crippen molar-refractivity contribution in [3.63, 3.8) is 0 Å². The molecule has 0 saturated carbocycles. The van der Waals surface area contributed by atoms with Gasteiger partial charge in [0.1, 0.15) is 5.82 Å². The number of fused-ring (bicyclic) bond motifs is 1. The quantitative estimate of drug-likeness (QED) is 0.763. The van der Waals surface area contributed by atoms with Gasteiger partial charge in [-0.3, -0.25) is 4.79 Å². The van der Waals surface area contributed by atoms with Crippen molar-refractivity contribution in [2.45, 2.75) is 33.7 Å². The van der Waals surface area contributed by atoms with Crippen LogP contribution in [0.5, 0.6) is 5.75 Å². The summed E-state index contributed by atoms with van der Waals surface area (Å²) in [5.41, 5.74) is 1.43. The van der Waals surface area contributed by atoms with Crippen molar-refractivity contribution < 1.29 is 13.9 Å². The average molecular weight is 327 g/mol. The topological polar surface area (TPSA) is 69.3 Å². The Labute approximate surface area is 140 Å². The van der Waals surface area contributed by atoms with Crippen LogP contribution >= 0.6 is 0 Å². The molecule has 0 bridgehead atoms. The van der Waals surface area contributed by atoms with Crippen LogP contribution in [0.4, 0.5) is 5.82 Å². The number of anilines is 1. The average Bonchev–Trinajstić information content (AvgIpc) is 3.12. The van der Waals surface area contributed by atoms with Crippen LogP contribution in [0.25, 0.3) is 11.0 Å². The van der Waals surface area contributed by atoms with E-state index in [-0.39, 0.29) is 17.7 Å². The maximum atomic E-state index is 12.6. The van der Waals surface area contributed by atoms with Gasteiger partial charge < -0.3 is 14.5 Å². The second kappa shape index (κ2) is 6.39. The number of nitrogens with zero attached hydrogens (tertiary/aromatic N) is 2. The molecule has 126 valence electrons. The van der Waals surface area contributed by atoms with E-state index in [2.05, 4.69) is 10.4 Å². The fourth-order valence-electron chi connectivity index (χ4n) is 2.60. The zero-order valence-corrected chi connectivity index (χ0v) is 14.3. The van der Waals surface area contributed by atoms with E-state index in [0.717, 1.165) is 11.1 Å². The zero-order chi connectivity index (χ0) is 17.3. The Kier molecular flexibility index (Phi) is 4.29. The van der Waals surface area contributed by atoms with Gasteiger partial charge in [0, 0.05) is 17.5 Å². The van der Waals surface area contributed by atoms with Gasteiger partial charge in [0.2, 0.25) is 0 Å². The van der Waals surface area contributed by atoms with Crippen LogP contribution in [0, 0.1) is 6.92 Å². The number of aryl methyl sites for hydroxylation is 1. The smallest absolute Gasteiger partial charge is 0.292 e. The second-order valence-electron chi connectivity index (χ2n) is 5.88. The highest BCUT2D eigenvalue weighted by atomic mass is 16.5. The number of ether oxygens (including phenoxy) is 1. The van der Waals surface area contributed by atoms with Gasteiger partial charge >= 0.3 is 0 Å². The predicted octanol–water partition coefficient (Wildman–Crippen LogP) is 4.17.